The van der Waals surface area contributed by atoms with Gasteiger partial charge in [0.2, 0.25) is 0 Å². The van der Waals surface area contributed by atoms with Crippen LogP contribution in [0.25, 0.3) is 0 Å². The Morgan fingerprint density at radius 1 is 0.409 bits per heavy atom. The molecule has 0 aromatic heterocycles. The zero-order valence-corrected chi connectivity index (χ0v) is 37.5. The van der Waals surface area contributed by atoms with Crippen LogP contribution in [0.5, 0.6) is 5.75 Å². The standard InChI is InChI=1S/C55H60O11/c1-39-48(59-33-41-20-10-4-11-21-41)50(61-37-45-28-30-46(57-2)31-29-45)53(63-36-44-26-16-7-17-27-44)55(64-39)66-51-49(60-34-42-22-12-5-13-23-42)47(38-58-32-40-18-8-3-9-19-40)65-54(56)52(51)62-35-43-24-14-6-15-25-43/h3-31,39,47-56H,32-38H2,1-2H3/t39-,47+,48-,49-,50+,51-,52+,53+,54+,55-/m0/s1. The van der Waals surface area contributed by atoms with Gasteiger partial charge in [-0.2, -0.15) is 0 Å². The van der Waals surface area contributed by atoms with Crippen LogP contribution in [-0.2, 0) is 82.3 Å². The third-order valence-corrected chi connectivity index (χ3v) is 11.8. The van der Waals surface area contributed by atoms with Gasteiger partial charge < -0.3 is 52.5 Å². The number of aliphatic hydroxyl groups excluding tert-OH is 1. The monoisotopic (exact) mass is 896 g/mol. The van der Waals surface area contributed by atoms with E-state index in [2.05, 4.69) is 0 Å². The minimum absolute atomic E-state index is 0.0928. The molecule has 0 aliphatic carbocycles. The summed E-state index contributed by atoms with van der Waals surface area (Å²) < 4.78 is 66.3. The second-order valence-corrected chi connectivity index (χ2v) is 16.5. The van der Waals surface area contributed by atoms with Crippen molar-refractivity contribution in [3.05, 3.63) is 209 Å². The first-order valence-corrected chi connectivity index (χ1v) is 22.6. The summed E-state index contributed by atoms with van der Waals surface area (Å²) in [6.07, 6.45) is -8.74. The summed E-state index contributed by atoms with van der Waals surface area (Å²) in [6.45, 7) is 3.57. The number of benzene rings is 6. The zero-order chi connectivity index (χ0) is 45.3. The molecule has 8 rings (SSSR count). The molecule has 0 spiro atoms. The van der Waals surface area contributed by atoms with Crippen LogP contribution in [0.15, 0.2) is 176 Å². The normalized spacial score (nSPS) is 25.3. The van der Waals surface area contributed by atoms with Gasteiger partial charge in [-0.15, -0.1) is 0 Å². The lowest BCUT2D eigenvalue weighted by atomic mass is 9.96. The van der Waals surface area contributed by atoms with Crippen LogP contribution in [-0.4, -0.2) is 80.2 Å². The number of aliphatic hydroxyl groups is 1. The first-order valence-electron chi connectivity index (χ1n) is 22.6. The summed E-state index contributed by atoms with van der Waals surface area (Å²) in [4.78, 5) is 0. The van der Waals surface area contributed by atoms with Crippen LogP contribution in [0.1, 0.15) is 40.3 Å². The van der Waals surface area contributed by atoms with Crippen molar-refractivity contribution in [1.82, 2.24) is 0 Å². The minimum atomic E-state index is -1.42. The number of hydrogen-bond acceptors (Lipinski definition) is 11. The molecule has 1 N–H and O–H groups in total. The van der Waals surface area contributed by atoms with Crippen LogP contribution in [0.3, 0.4) is 0 Å². The Morgan fingerprint density at radius 2 is 0.803 bits per heavy atom. The van der Waals surface area contributed by atoms with Gasteiger partial charge in [0.15, 0.2) is 12.6 Å². The van der Waals surface area contributed by atoms with Gasteiger partial charge in [-0.1, -0.05) is 164 Å². The van der Waals surface area contributed by atoms with Gasteiger partial charge in [0, 0.05) is 0 Å². The average molecular weight is 897 g/mol. The van der Waals surface area contributed by atoms with Crippen LogP contribution in [0, 0.1) is 0 Å². The van der Waals surface area contributed by atoms with Gasteiger partial charge in [-0.25, -0.2) is 0 Å². The fourth-order valence-corrected chi connectivity index (χ4v) is 8.24. The van der Waals surface area contributed by atoms with Gasteiger partial charge in [0.1, 0.15) is 48.5 Å². The van der Waals surface area contributed by atoms with Crippen LogP contribution >= 0.6 is 0 Å². The average Bonchev–Trinajstić information content (AvgIpc) is 3.36. The molecule has 2 aliphatic heterocycles. The lowest BCUT2D eigenvalue weighted by molar-refractivity contribution is -0.372. The molecule has 2 aliphatic rings. The highest BCUT2D eigenvalue weighted by molar-refractivity contribution is 5.27. The first-order chi connectivity index (χ1) is 32.5. The lowest BCUT2D eigenvalue weighted by Crippen LogP contribution is -2.65. The largest absolute Gasteiger partial charge is 0.497 e. The third kappa shape index (κ3) is 13.2. The summed E-state index contributed by atoms with van der Waals surface area (Å²) in [7, 11) is 1.64. The Bertz CT molecular complexity index is 2250. The highest BCUT2D eigenvalue weighted by Crippen LogP contribution is 2.36. The Labute approximate surface area is 388 Å². The van der Waals surface area contributed by atoms with E-state index < -0.39 is 61.4 Å². The Hall–Kier alpha value is -5.28. The van der Waals surface area contributed by atoms with E-state index in [4.69, 9.17) is 47.4 Å². The van der Waals surface area contributed by atoms with Gasteiger partial charge >= 0.3 is 0 Å². The Morgan fingerprint density at radius 3 is 1.27 bits per heavy atom. The quantitative estimate of drug-likeness (QED) is 0.0705. The topological polar surface area (TPSA) is 113 Å². The zero-order valence-electron chi connectivity index (χ0n) is 37.5. The number of methoxy groups -OCH3 is 1. The van der Waals surface area contributed by atoms with Crippen molar-refractivity contribution in [3.63, 3.8) is 0 Å². The van der Waals surface area contributed by atoms with E-state index in [1.807, 2.05) is 183 Å². The van der Waals surface area contributed by atoms with Gasteiger partial charge in [0.25, 0.3) is 0 Å². The molecule has 6 aromatic carbocycles. The first kappa shape index (κ1) is 47.2. The molecule has 2 heterocycles. The summed E-state index contributed by atoms with van der Waals surface area (Å²) in [5, 5.41) is 12.0. The van der Waals surface area contributed by atoms with Crippen molar-refractivity contribution in [2.24, 2.45) is 0 Å². The maximum Gasteiger partial charge on any atom is 0.187 e. The van der Waals surface area contributed by atoms with Gasteiger partial charge in [-0.05, 0) is 52.4 Å². The Balaban J connectivity index is 1.14. The van der Waals surface area contributed by atoms with Crippen molar-refractivity contribution in [3.8, 4) is 5.75 Å². The van der Waals surface area contributed by atoms with Gasteiger partial charge in [-0.3, -0.25) is 0 Å². The highest BCUT2D eigenvalue weighted by atomic mass is 16.7. The van der Waals surface area contributed by atoms with E-state index in [0.717, 1.165) is 39.1 Å². The van der Waals surface area contributed by atoms with E-state index in [-0.39, 0.29) is 33.0 Å². The fraction of sp³-hybridized carbons (Fsp3) is 0.345. The minimum Gasteiger partial charge on any atom is -0.497 e. The van der Waals surface area contributed by atoms with Crippen molar-refractivity contribution >= 4 is 0 Å². The molecule has 0 bridgehead atoms. The second-order valence-electron chi connectivity index (χ2n) is 16.5. The van der Waals surface area contributed by atoms with Crippen molar-refractivity contribution in [2.75, 3.05) is 13.7 Å². The summed E-state index contributed by atoms with van der Waals surface area (Å²) in [5.74, 6) is 0.746. The van der Waals surface area contributed by atoms with E-state index in [0.29, 0.717) is 13.2 Å². The molecule has 10 atom stereocenters. The molecule has 66 heavy (non-hydrogen) atoms. The summed E-state index contributed by atoms with van der Waals surface area (Å²) >= 11 is 0. The van der Waals surface area contributed by atoms with Crippen LogP contribution < -0.4 is 4.74 Å². The fourth-order valence-electron chi connectivity index (χ4n) is 8.24. The second kappa shape index (κ2) is 24.5. The molecule has 346 valence electrons. The SMILES string of the molecule is COc1ccc(CO[C@@H]2[C@@H](OCc3ccccc3)[C@H](C)O[C@@H](O[C@@H]3[C@@H](OCc4ccccc4)[C@H](O)O[C@H](COCc4ccccc4)[C@@H]3OCc3ccccc3)[C@@H]2OCc2ccccc2)cc1. The van der Waals surface area contributed by atoms with Crippen LogP contribution in [0.2, 0.25) is 0 Å². The maximum atomic E-state index is 12.0. The van der Waals surface area contributed by atoms with E-state index in [1.54, 1.807) is 7.11 Å². The number of hydrogen-bond donors (Lipinski definition) is 1. The molecule has 6 aromatic rings. The van der Waals surface area contributed by atoms with Crippen molar-refractivity contribution in [2.45, 2.75) is 108 Å². The molecule has 0 radical (unpaired) electrons. The molecule has 2 fully saturated rings. The molecule has 11 heteroatoms. The number of ether oxygens (including phenoxy) is 10. The third-order valence-electron chi connectivity index (χ3n) is 11.8. The van der Waals surface area contributed by atoms with Crippen LogP contribution in [0.4, 0.5) is 0 Å². The molecule has 11 nitrogen and oxygen atoms in total. The van der Waals surface area contributed by atoms with E-state index >= 15 is 0 Å². The van der Waals surface area contributed by atoms with Gasteiger partial charge in [0.05, 0.1) is 59.5 Å². The van der Waals surface area contributed by atoms with Crippen molar-refractivity contribution < 1.29 is 52.5 Å². The highest BCUT2D eigenvalue weighted by Gasteiger charge is 2.53. The predicted octanol–water partition coefficient (Wildman–Crippen LogP) is 8.99. The molecule has 0 unspecified atom stereocenters. The molecular formula is C55H60O11. The van der Waals surface area contributed by atoms with Crippen molar-refractivity contribution in [1.29, 1.82) is 0 Å². The smallest absolute Gasteiger partial charge is 0.187 e. The summed E-state index contributed by atoms with van der Waals surface area (Å²) in [6, 6.07) is 57.3. The summed E-state index contributed by atoms with van der Waals surface area (Å²) in [5.41, 5.74) is 5.76. The van der Waals surface area contributed by atoms with E-state index in [9.17, 15) is 5.11 Å². The molecule has 2 saturated heterocycles. The Kier molecular flexibility index (Phi) is 17.5. The molecular weight excluding hydrogens is 837 g/mol. The molecule has 0 saturated carbocycles. The number of rotatable bonds is 22. The maximum absolute atomic E-state index is 12.0. The molecule has 0 amide bonds. The predicted molar refractivity (Wildman–Crippen MR) is 248 cm³/mol. The van der Waals surface area contributed by atoms with E-state index in [1.165, 1.54) is 0 Å². The lowest BCUT2D eigenvalue weighted by Gasteiger charge is -2.49.